The molecule has 9 nitrogen and oxygen atoms in total. The van der Waals surface area contributed by atoms with Gasteiger partial charge in [0.15, 0.2) is 0 Å². The van der Waals surface area contributed by atoms with Crippen molar-refractivity contribution in [2.75, 3.05) is 46.6 Å². The molecule has 1 aliphatic carbocycles. The Morgan fingerprint density at radius 1 is 1.00 bits per heavy atom. The van der Waals surface area contributed by atoms with Gasteiger partial charge in [-0.3, -0.25) is 4.79 Å². The Balaban J connectivity index is 1.17. The number of carbonyl (C=O) groups is 1. The Morgan fingerprint density at radius 3 is 2.35 bits per heavy atom. The van der Waals surface area contributed by atoms with Crippen molar-refractivity contribution in [2.45, 2.75) is 89.1 Å². The lowest BCUT2D eigenvalue weighted by atomic mass is 9.76. The van der Waals surface area contributed by atoms with Gasteiger partial charge in [-0.2, -0.15) is 9.97 Å². The summed E-state index contributed by atoms with van der Waals surface area (Å²) < 4.78 is 30.9. The molecular formula is C33H49N5O4S. The molecule has 1 aromatic heterocycles. The molecule has 0 bridgehead atoms. The smallest absolute Gasteiger partial charge is 0.317 e. The number of hydrogen-bond donors (Lipinski definition) is 0. The lowest BCUT2D eigenvalue weighted by Gasteiger charge is -2.43. The fraction of sp³-hybridized carbons (Fsp3) is 0.667. The second kappa shape index (κ2) is 14.0. The first-order valence-electron chi connectivity index (χ1n) is 16.1. The van der Waals surface area contributed by atoms with Crippen LogP contribution in [0.25, 0.3) is 0 Å². The number of amides is 1. The molecule has 5 rings (SSSR count). The number of sulfonamides is 1. The van der Waals surface area contributed by atoms with E-state index < -0.39 is 10.0 Å². The fourth-order valence-electron chi connectivity index (χ4n) is 7.47. The summed E-state index contributed by atoms with van der Waals surface area (Å²) in [5.41, 5.74) is 3.72. The maximum Gasteiger partial charge on any atom is 0.317 e. The van der Waals surface area contributed by atoms with E-state index in [2.05, 4.69) is 40.2 Å². The van der Waals surface area contributed by atoms with E-state index in [1.54, 1.807) is 14.2 Å². The zero-order chi connectivity index (χ0) is 30.6. The molecule has 43 heavy (non-hydrogen) atoms. The van der Waals surface area contributed by atoms with Crippen LogP contribution in [0, 0.1) is 12.8 Å². The van der Waals surface area contributed by atoms with Gasteiger partial charge >= 0.3 is 6.01 Å². The average molecular weight is 612 g/mol. The lowest BCUT2D eigenvalue weighted by molar-refractivity contribution is 0.0541. The highest BCUT2D eigenvalue weighted by Gasteiger charge is 2.33. The SMILES string of the molecule is COc1nc(CCC2CCCC(c3ccccc3)C2)c(C)c(C(=O)N2CCC(N3CCC(N(C)S(C)(=O)=O)CC3)CC2)n1. The van der Waals surface area contributed by atoms with Gasteiger partial charge in [0, 0.05) is 37.8 Å². The molecular weight excluding hydrogens is 562 g/mol. The molecule has 10 heteroatoms. The number of benzene rings is 1. The van der Waals surface area contributed by atoms with E-state index in [4.69, 9.17) is 9.72 Å². The molecule has 3 fully saturated rings. The highest BCUT2D eigenvalue weighted by Crippen LogP contribution is 2.38. The maximum atomic E-state index is 13.7. The third kappa shape index (κ3) is 7.75. The van der Waals surface area contributed by atoms with Gasteiger partial charge in [0.2, 0.25) is 10.0 Å². The van der Waals surface area contributed by atoms with Crippen molar-refractivity contribution in [3.63, 3.8) is 0 Å². The van der Waals surface area contributed by atoms with Gasteiger partial charge in [-0.1, -0.05) is 43.2 Å². The summed E-state index contributed by atoms with van der Waals surface area (Å²) in [5.74, 6) is 1.24. The molecule has 236 valence electrons. The molecule has 3 heterocycles. The molecule has 2 aromatic rings. The van der Waals surface area contributed by atoms with Gasteiger partial charge in [0.1, 0.15) is 5.69 Å². The van der Waals surface area contributed by atoms with Crippen molar-refractivity contribution < 1.29 is 17.9 Å². The van der Waals surface area contributed by atoms with Gasteiger partial charge in [-0.25, -0.2) is 12.7 Å². The largest absolute Gasteiger partial charge is 0.467 e. The van der Waals surface area contributed by atoms with E-state index in [1.165, 1.54) is 41.8 Å². The van der Waals surface area contributed by atoms with Crippen LogP contribution in [-0.2, 0) is 16.4 Å². The molecule has 0 spiro atoms. The Kier molecular flexibility index (Phi) is 10.4. The molecule has 2 aliphatic heterocycles. The predicted molar refractivity (Wildman–Crippen MR) is 169 cm³/mol. The highest BCUT2D eigenvalue weighted by molar-refractivity contribution is 7.88. The molecule has 1 aromatic carbocycles. The minimum Gasteiger partial charge on any atom is -0.467 e. The summed E-state index contributed by atoms with van der Waals surface area (Å²) in [5, 5.41) is 0. The van der Waals surface area contributed by atoms with Crippen molar-refractivity contribution >= 4 is 15.9 Å². The van der Waals surface area contributed by atoms with Crippen molar-refractivity contribution in [3.05, 3.63) is 52.8 Å². The maximum absolute atomic E-state index is 13.7. The first-order valence-corrected chi connectivity index (χ1v) is 17.9. The quantitative estimate of drug-likeness (QED) is 0.407. The highest BCUT2D eigenvalue weighted by atomic mass is 32.2. The number of ether oxygens (including phenoxy) is 1. The molecule has 3 aliphatic rings. The van der Waals surface area contributed by atoms with E-state index in [9.17, 15) is 13.2 Å². The van der Waals surface area contributed by atoms with Gasteiger partial charge in [-0.15, -0.1) is 0 Å². The topological polar surface area (TPSA) is 95.9 Å². The summed E-state index contributed by atoms with van der Waals surface area (Å²) in [4.78, 5) is 27.4. The van der Waals surface area contributed by atoms with Gasteiger partial charge in [0.05, 0.1) is 19.1 Å². The van der Waals surface area contributed by atoms with E-state index >= 15 is 0 Å². The van der Waals surface area contributed by atoms with Crippen molar-refractivity contribution in [2.24, 2.45) is 5.92 Å². The molecule has 2 unspecified atom stereocenters. The van der Waals surface area contributed by atoms with Gasteiger partial charge < -0.3 is 14.5 Å². The number of piperidine rings is 2. The lowest BCUT2D eigenvalue weighted by Crippen LogP contribution is -2.52. The van der Waals surface area contributed by atoms with Crippen LogP contribution in [-0.4, -0.2) is 97.1 Å². The number of likely N-dealkylation sites (tertiary alicyclic amines) is 2. The average Bonchev–Trinajstić information content (AvgIpc) is 3.04. The fourth-order valence-corrected chi connectivity index (χ4v) is 8.23. The first kappa shape index (κ1) is 31.9. The van der Waals surface area contributed by atoms with Crippen LogP contribution in [0.5, 0.6) is 6.01 Å². The number of carbonyl (C=O) groups excluding carboxylic acids is 1. The predicted octanol–water partition coefficient (Wildman–Crippen LogP) is 4.66. The number of nitrogens with zero attached hydrogens (tertiary/aromatic N) is 5. The summed E-state index contributed by atoms with van der Waals surface area (Å²) in [7, 11) is 0.0822. The minimum absolute atomic E-state index is 0.0341. The van der Waals surface area contributed by atoms with Crippen LogP contribution in [0.1, 0.15) is 91.0 Å². The third-order valence-corrected chi connectivity index (χ3v) is 11.6. The summed E-state index contributed by atoms with van der Waals surface area (Å²) in [6, 6.07) is 11.6. The Morgan fingerprint density at radius 2 is 1.70 bits per heavy atom. The molecule has 2 saturated heterocycles. The van der Waals surface area contributed by atoms with Gasteiger partial charge in [-0.05, 0) is 88.8 Å². The van der Waals surface area contributed by atoms with Crippen molar-refractivity contribution in [1.82, 2.24) is 24.1 Å². The number of methoxy groups -OCH3 is 1. The van der Waals surface area contributed by atoms with Crippen LogP contribution in [0.3, 0.4) is 0 Å². The standard InChI is InChI=1S/C33H49N5O4S/c1-24-30(14-13-25-9-8-12-27(23-25)26-10-6-5-7-11-26)34-33(42-3)35-31(24)32(39)38-21-17-29(18-22-38)37-19-15-28(16-20-37)36(2)43(4,40)41/h5-7,10-11,25,27-29H,8-9,12-23H2,1-4H3. The third-order valence-electron chi connectivity index (χ3n) is 10.3. The summed E-state index contributed by atoms with van der Waals surface area (Å²) in [6.07, 6.45) is 11.6. The Bertz CT molecular complexity index is 1340. The van der Waals surface area contributed by atoms with Crippen molar-refractivity contribution in [3.8, 4) is 6.01 Å². The second-order valence-electron chi connectivity index (χ2n) is 12.9. The van der Waals surface area contributed by atoms with Crippen molar-refractivity contribution in [1.29, 1.82) is 0 Å². The van der Waals surface area contributed by atoms with Crippen LogP contribution in [0.15, 0.2) is 30.3 Å². The van der Waals surface area contributed by atoms with Crippen LogP contribution >= 0.6 is 0 Å². The van der Waals surface area contributed by atoms with E-state index in [0.717, 1.165) is 62.9 Å². The Hall–Kier alpha value is -2.56. The van der Waals surface area contributed by atoms with Crippen LogP contribution in [0.2, 0.25) is 0 Å². The summed E-state index contributed by atoms with van der Waals surface area (Å²) in [6.45, 7) is 5.15. The zero-order valence-electron chi connectivity index (χ0n) is 26.4. The monoisotopic (exact) mass is 611 g/mol. The first-order chi connectivity index (χ1) is 20.6. The van der Waals surface area contributed by atoms with E-state index in [1.807, 2.05) is 11.8 Å². The molecule has 2 atom stereocenters. The number of hydrogen-bond acceptors (Lipinski definition) is 7. The van der Waals surface area contributed by atoms with Crippen LogP contribution < -0.4 is 4.74 Å². The number of rotatable bonds is 9. The molecule has 1 saturated carbocycles. The normalized spacial score (nSPS) is 23.0. The molecule has 0 radical (unpaired) electrons. The summed E-state index contributed by atoms with van der Waals surface area (Å²) >= 11 is 0. The molecule has 0 N–H and O–H groups in total. The van der Waals surface area contributed by atoms with E-state index in [-0.39, 0.29) is 18.0 Å². The zero-order valence-corrected chi connectivity index (χ0v) is 27.2. The number of aromatic nitrogens is 2. The second-order valence-corrected chi connectivity index (χ2v) is 14.9. The van der Waals surface area contributed by atoms with Gasteiger partial charge in [0.25, 0.3) is 5.91 Å². The molecule has 1 amide bonds. The minimum atomic E-state index is -3.17. The Labute approximate surface area is 258 Å². The van der Waals surface area contributed by atoms with Crippen LogP contribution in [0.4, 0.5) is 0 Å². The number of aryl methyl sites for hydroxylation is 1. The van der Waals surface area contributed by atoms with E-state index in [0.29, 0.717) is 36.7 Å².